The van der Waals surface area contributed by atoms with Crippen LogP contribution in [-0.4, -0.2) is 6.54 Å². The lowest BCUT2D eigenvalue weighted by atomic mass is 9.86. The van der Waals surface area contributed by atoms with E-state index in [1.807, 2.05) is 0 Å². The number of hydrogen-bond acceptors (Lipinski definition) is 1. The standard InChI is InChI=1S/C13H25N/c1-11(2)10-14-12(3)9-13-7-5-4-6-8-13/h11,13-14H,3-10H2,1-2H3. The van der Waals surface area contributed by atoms with Gasteiger partial charge >= 0.3 is 0 Å². The van der Waals surface area contributed by atoms with E-state index in [1.54, 1.807) is 0 Å². The smallest absolute Gasteiger partial charge is 0.0166 e. The Labute approximate surface area is 89.0 Å². The molecule has 0 radical (unpaired) electrons. The van der Waals surface area contributed by atoms with E-state index in [0.29, 0.717) is 0 Å². The Balaban J connectivity index is 2.12. The lowest BCUT2D eigenvalue weighted by Gasteiger charge is -2.23. The molecule has 1 rings (SSSR count). The molecule has 0 aromatic heterocycles. The molecule has 1 fully saturated rings. The van der Waals surface area contributed by atoms with E-state index in [2.05, 4.69) is 25.7 Å². The fourth-order valence-corrected chi connectivity index (χ4v) is 2.16. The number of hydrogen-bond donors (Lipinski definition) is 1. The molecule has 0 unspecified atom stereocenters. The van der Waals surface area contributed by atoms with Gasteiger partial charge in [0.25, 0.3) is 0 Å². The van der Waals surface area contributed by atoms with E-state index in [4.69, 9.17) is 0 Å². The third-order valence-corrected chi connectivity index (χ3v) is 3.02. The predicted molar refractivity (Wildman–Crippen MR) is 63.2 cm³/mol. The van der Waals surface area contributed by atoms with Crippen LogP contribution in [0.4, 0.5) is 0 Å². The maximum Gasteiger partial charge on any atom is 0.0166 e. The minimum Gasteiger partial charge on any atom is -0.389 e. The number of rotatable bonds is 5. The molecule has 0 spiro atoms. The largest absolute Gasteiger partial charge is 0.389 e. The topological polar surface area (TPSA) is 12.0 Å². The van der Waals surface area contributed by atoms with Crippen molar-refractivity contribution in [2.45, 2.75) is 52.4 Å². The molecule has 1 aliphatic rings. The summed E-state index contributed by atoms with van der Waals surface area (Å²) in [5.41, 5.74) is 1.26. The zero-order valence-corrected chi connectivity index (χ0v) is 9.81. The van der Waals surface area contributed by atoms with E-state index in [1.165, 1.54) is 44.2 Å². The Morgan fingerprint density at radius 1 is 1.29 bits per heavy atom. The van der Waals surface area contributed by atoms with Gasteiger partial charge in [0.2, 0.25) is 0 Å². The molecule has 1 N–H and O–H groups in total. The first-order valence-electron chi connectivity index (χ1n) is 6.10. The van der Waals surface area contributed by atoms with Crippen LogP contribution in [0.1, 0.15) is 52.4 Å². The highest BCUT2D eigenvalue weighted by Gasteiger charge is 2.14. The highest BCUT2D eigenvalue weighted by molar-refractivity contribution is 4.93. The summed E-state index contributed by atoms with van der Waals surface area (Å²) < 4.78 is 0. The summed E-state index contributed by atoms with van der Waals surface area (Å²) in [6.07, 6.45) is 8.35. The summed E-state index contributed by atoms with van der Waals surface area (Å²) >= 11 is 0. The van der Waals surface area contributed by atoms with Gasteiger partial charge in [0, 0.05) is 12.2 Å². The van der Waals surface area contributed by atoms with Crippen molar-refractivity contribution in [3.05, 3.63) is 12.3 Å². The number of nitrogens with one attached hydrogen (secondary N) is 1. The van der Waals surface area contributed by atoms with E-state index in [9.17, 15) is 0 Å². The Kier molecular flexibility index (Phi) is 5.06. The third kappa shape index (κ3) is 4.69. The van der Waals surface area contributed by atoms with Gasteiger partial charge in [-0.2, -0.15) is 0 Å². The normalized spacial score (nSPS) is 18.5. The van der Waals surface area contributed by atoms with Crippen molar-refractivity contribution in [1.29, 1.82) is 0 Å². The molecule has 0 aromatic carbocycles. The zero-order valence-electron chi connectivity index (χ0n) is 9.81. The minimum atomic E-state index is 0.720. The molecular weight excluding hydrogens is 170 g/mol. The average molecular weight is 195 g/mol. The van der Waals surface area contributed by atoms with Crippen LogP contribution in [0.3, 0.4) is 0 Å². The number of allylic oxidation sites excluding steroid dienone is 1. The van der Waals surface area contributed by atoms with Gasteiger partial charge in [-0.3, -0.25) is 0 Å². The van der Waals surface area contributed by atoms with Crippen molar-refractivity contribution in [2.24, 2.45) is 11.8 Å². The molecule has 0 amide bonds. The second kappa shape index (κ2) is 6.10. The van der Waals surface area contributed by atoms with Crippen LogP contribution < -0.4 is 5.32 Å². The van der Waals surface area contributed by atoms with Crippen molar-refractivity contribution in [2.75, 3.05) is 6.54 Å². The second-order valence-electron chi connectivity index (χ2n) is 5.09. The Bertz CT molecular complexity index is 166. The first-order chi connectivity index (χ1) is 6.68. The van der Waals surface area contributed by atoms with Gasteiger partial charge in [-0.05, 0) is 18.3 Å². The molecule has 1 heteroatoms. The average Bonchev–Trinajstić information content (AvgIpc) is 2.16. The molecule has 0 saturated heterocycles. The van der Waals surface area contributed by atoms with Gasteiger partial charge in [0.05, 0.1) is 0 Å². The van der Waals surface area contributed by atoms with Crippen molar-refractivity contribution in [3.8, 4) is 0 Å². The zero-order chi connectivity index (χ0) is 10.4. The summed E-state index contributed by atoms with van der Waals surface area (Å²) in [5.74, 6) is 1.63. The minimum absolute atomic E-state index is 0.720. The molecular formula is C13H25N. The van der Waals surface area contributed by atoms with Crippen LogP contribution in [0, 0.1) is 11.8 Å². The molecule has 0 heterocycles. The summed E-state index contributed by atoms with van der Waals surface area (Å²) in [5, 5.41) is 3.43. The highest BCUT2D eigenvalue weighted by atomic mass is 14.9. The summed E-state index contributed by atoms with van der Waals surface area (Å²) in [6.45, 7) is 9.66. The van der Waals surface area contributed by atoms with Crippen LogP contribution in [-0.2, 0) is 0 Å². The molecule has 1 saturated carbocycles. The Morgan fingerprint density at radius 2 is 1.93 bits per heavy atom. The van der Waals surface area contributed by atoms with Crippen molar-refractivity contribution >= 4 is 0 Å². The molecule has 0 aromatic rings. The van der Waals surface area contributed by atoms with Crippen molar-refractivity contribution < 1.29 is 0 Å². The maximum atomic E-state index is 4.11. The molecule has 82 valence electrons. The van der Waals surface area contributed by atoms with Gasteiger partial charge in [-0.1, -0.05) is 52.5 Å². The molecule has 0 atom stereocenters. The lowest BCUT2D eigenvalue weighted by Crippen LogP contribution is -2.20. The summed E-state index contributed by atoms with van der Waals surface area (Å²) in [6, 6.07) is 0. The maximum absolute atomic E-state index is 4.11. The van der Waals surface area contributed by atoms with Crippen LogP contribution >= 0.6 is 0 Å². The fourth-order valence-electron chi connectivity index (χ4n) is 2.16. The van der Waals surface area contributed by atoms with E-state index >= 15 is 0 Å². The molecule has 0 aliphatic heterocycles. The lowest BCUT2D eigenvalue weighted by molar-refractivity contribution is 0.349. The van der Waals surface area contributed by atoms with Crippen molar-refractivity contribution in [1.82, 2.24) is 5.32 Å². The SMILES string of the molecule is C=C(CC1CCCCC1)NCC(C)C. The predicted octanol–water partition coefficient (Wildman–Crippen LogP) is 3.72. The molecule has 14 heavy (non-hydrogen) atoms. The van der Waals surface area contributed by atoms with Gasteiger partial charge < -0.3 is 5.32 Å². The first-order valence-corrected chi connectivity index (χ1v) is 6.10. The van der Waals surface area contributed by atoms with E-state index in [0.717, 1.165) is 18.4 Å². The first kappa shape index (κ1) is 11.6. The Hall–Kier alpha value is -0.460. The summed E-state index contributed by atoms with van der Waals surface area (Å²) in [4.78, 5) is 0. The molecule has 1 nitrogen and oxygen atoms in total. The van der Waals surface area contributed by atoms with Crippen LogP contribution in [0.2, 0.25) is 0 Å². The quantitative estimate of drug-likeness (QED) is 0.705. The van der Waals surface area contributed by atoms with Crippen LogP contribution in [0.5, 0.6) is 0 Å². The molecule has 1 aliphatic carbocycles. The summed E-state index contributed by atoms with van der Waals surface area (Å²) in [7, 11) is 0. The van der Waals surface area contributed by atoms with E-state index < -0.39 is 0 Å². The second-order valence-corrected chi connectivity index (χ2v) is 5.09. The fraction of sp³-hybridized carbons (Fsp3) is 0.846. The van der Waals surface area contributed by atoms with Crippen LogP contribution in [0.25, 0.3) is 0 Å². The van der Waals surface area contributed by atoms with Gasteiger partial charge in [0.1, 0.15) is 0 Å². The van der Waals surface area contributed by atoms with Gasteiger partial charge in [0.15, 0.2) is 0 Å². The monoisotopic (exact) mass is 195 g/mol. The Morgan fingerprint density at radius 3 is 2.50 bits per heavy atom. The third-order valence-electron chi connectivity index (χ3n) is 3.02. The van der Waals surface area contributed by atoms with Crippen LogP contribution in [0.15, 0.2) is 12.3 Å². The van der Waals surface area contributed by atoms with E-state index in [-0.39, 0.29) is 0 Å². The van der Waals surface area contributed by atoms with Gasteiger partial charge in [-0.25, -0.2) is 0 Å². The molecule has 0 bridgehead atoms. The van der Waals surface area contributed by atoms with Crippen molar-refractivity contribution in [3.63, 3.8) is 0 Å². The highest BCUT2D eigenvalue weighted by Crippen LogP contribution is 2.27. The van der Waals surface area contributed by atoms with Gasteiger partial charge in [-0.15, -0.1) is 0 Å².